The van der Waals surface area contributed by atoms with Gasteiger partial charge in [-0.05, 0) is 12.3 Å². The Hall–Kier alpha value is -1.57. The molecule has 0 saturated carbocycles. The zero-order chi connectivity index (χ0) is 15.7. The van der Waals surface area contributed by atoms with E-state index in [0.29, 0.717) is 0 Å². The Morgan fingerprint density at radius 3 is 2.20 bits per heavy atom. The van der Waals surface area contributed by atoms with Crippen LogP contribution in [0.5, 0.6) is 0 Å². The van der Waals surface area contributed by atoms with Crippen molar-refractivity contribution in [1.29, 1.82) is 0 Å². The second-order valence-electron chi connectivity index (χ2n) is 5.73. The minimum atomic E-state index is -4.62. The maximum absolute atomic E-state index is 12.8. The summed E-state index contributed by atoms with van der Waals surface area (Å²) in [5.41, 5.74) is 2.02. The smallest absolute Gasteiger partial charge is 0.356 e. The number of aromatic nitrogens is 2. The lowest BCUT2D eigenvalue weighted by Crippen LogP contribution is -2.40. The minimum absolute atomic E-state index is 0.0240. The number of rotatable bonds is 3. The van der Waals surface area contributed by atoms with Crippen LogP contribution in [0.4, 0.5) is 24.8 Å². The fourth-order valence-corrected chi connectivity index (χ4v) is 1.60. The van der Waals surface area contributed by atoms with E-state index in [1.165, 1.54) is 6.07 Å². The number of halogens is 3. The molecule has 114 valence electrons. The van der Waals surface area contributed by atoms with Gasteiger partial charge in [0.15, 0.2) is 0 Å². The maximum Gasteiger partial charge on any atom is 0.451 e. The highest BCUT2D eigenvalue weighted by Gasteiger charge is 2.36. The molecule has 8 heteroatoms. The van der Waals surface area contributed by atoms with Crippen LogP contribution in [-0.4, -0.2) is 23.1 Å². The summed E-state index contributed by atoms with van der Waals surface area (Å²) >= 11 is 0. The average molecular weight is 291 g/mol. The van der Waals surface area contributed by atoms with E-state index in [1.54, 1.807) is 11.9 Å². The molecule has 0 aliphatic heterocycles. The largest absolute Gasteiger partial charge is 0.451 e. The molecule has 20 heavy (non-hydrogen) atoms. The third-order valence-corrected chi connectivity index (χ3v) is 3.31. The first kappa shape index (κ1) is 16.5. The van der Waals surface area contributed by atoms with Gasteiger partial charge < -0.3 is 10.3 Å². The van der Waals surface area contributed by atoms with E-state index in [0.717, 1.165) is 0 Å². The van der Waals surface area contributed by atoms with Crippen molar-refractivity contribution in [2.45, 2.75) is 39.9 Å². The van der Waals surface area contributed by atoms with Crippen molar-refractivity contribution >= 4 is 11.6 Å². The Kier molecular flexibility index (Phi) is 4.48. The third-order valence-electron chi connectivity index (χ3n) is 3.31. The van der Waals surface area contributed by atoms with Gasteiger partial charge in [0, 0.05) is 19.2 Å². The van der Waals surface area contributed by atoms with E-state index in [1.807, 2.05) is 27.7 Å². The molecule has 0 aliphatic carbocycles. The van der Waals surface area contributed by atoms with Crippen LogP contribution >= 0.6 is 0 Å². The summed E-state index contributed by atoms with van der Waals surface area (Å²) in [4.78, 5) is 8.59. The number of nitrogen functional groups attached to an aromatic ring is 1. The number of hydrogen-bond acceptors (Lipinski definition) is 5. The first-order chi connectivity index (χ1) is 8.96. The van der Waals surface area contributed by atoms with Gasteiger partial charge in [-0.3, -0.25) is 0 Å². The standard InChI is InChI=1S/C12H20F3N5/c1-7(11(2,3)4)20(5)9-6-8(19-16)17-10(18-9)12(13,14)15/h6-7H,16H2,1-5H3,(H,17,18,19). The molecule has 1 rings (SSSR count). The quantitative estimate of drug-likeness (QED) is 0.662. The molecule has 1 atom stereocenters. The molecule has 1 unspecified atom stereocenters. The number of hydrogen-bond donors (Lipinski definition) is 2. The van der Waals surface area contributed by atoms with Crippen LogP contribution in [0.1, 0.15) is 33.5 Å². The fraction of sp³-hybridized carbons (Fsp3) is 0.667. The summed E-state index contributed by atoms with van der Waals surface area (Å²) in [6.45, 7) is 7.93. The normalized spacial score (nSPS) is 14.1. The summed E-state index contributed by atoms with van der Waals surface area (Å²) in [6, 6.07) is 1.36. The Balaban J connectivity index is 3.24. The van der Waals surface area contributed by atoms with E-state index < -0.39 is 12.0 Å². The molecule has 0 aromatic carbocycles. The van der Waals surface area contributed by atoms with Gasteiger partial charge >= 0.3 is 6.18 Å². The van der Waals surface area contributed by atoms with E-state index in [4.69, 9.17) is 5.84 Å². The Morgan fingerprint density at radius 2 is 1.80 bits per heavy atom. The topological polar surface area (TPSA) is 67.1 Å². The monoisotopic (exact) mass is 291 g/mol. The highest BCUT2D eigenvalue weighted by atomic mass is 19.4. The number of hydrazine groups is 1. The lowest BCUT2D eigenvalue weighted by molar-refractivity contribution is -0.144. The van der Waals surface area contributed by atoms with Crippen molar-refractivity contribution < 1.29 is 13.2 Å². The number of nitrogens with one attached hydrogen (secondary N) is 1. The van der Waals surface area contributed by atoms with Crippen LogP contribution in [0.2, 0.25) is 0 Å². The average Bonchev–Trinajstić information content (AvgIpc) is 2.34. The van der Waals surface area contributed by atoms with E-state index in [9.17, 15) is 13.2 Å². The summed E-state index contributed by atoms with van der Waals surface area (Å²) in [7, 11) is 1.69. The molecule has 0 amide bonds. The van der Waals surface area contributed by atoms with Crippen LogP contribution < -0.4 is 16.2 Å². The van der Waals surface area contributed by atoms with Crippen molar-refractivity contribution in [3.05, 3.63) is 11.9 Å². The van der Waals surface area contributed by atoms with E-state index >= 15 is 0 Å². The molecule has 0 bridgehead atoms. The molecule has 1 aromatic rings. The van der Waals surface area contributed by atoms with Crippen molar-refractivity contribution in [1.82, 2.24) is 9.97 Å². The van der Waals surface area contributed by atoms with Crippen LogP contribution in [0.15, 0.2) is 6.07 Å². The lowest BCUT2D eigenvalue weighted by atomic mass is 9.87. The lowest BCUT2D eigenvalue weighted by Gasteiger charge is -2.36. The van der Waals surface area contributed by atoms with Gasteiger partial charge in [-0.1, -0.05) is 20.8 Å². The molecule has 0 aliphatic rings. The summed E-state index contributed by atoms with van der Waals surface area (Å²) in [5.74, 6) is 4.05. The van der Waals surface area contributed by atoms with Crippen molar-refractivity contribution in [2.24, 2.45) is 11.3 Å². The number of anilines is 2. The predicted molar refractivity (Wildman–Crippen MR) is 72.2 cm³/mol. The molecule has 5 nitrogen and oxygen atoms in total. The molecule has 0 spiro atoms. The van der Waals surface area contributed by atoms with Crippen LogP contribution in [0.3, 0.4) is 0 Å². The zero-order valence-corrected chi connectivity index (χ0v) is 12.2. The highest BCUT2D eigenvalue weighted by molar-refractivity contribution is 5.49. The SMILES string of the molecule is CC(N(C)c1cc(NN)nc(C(F)(F)F)n1)C(C)(C)C. The van der Waals surface area contributed by atoms with Gasteiger partial charge in [-0.25, -0.2) is 15.8 Å². The molecule has 3 N–H and O–H groups in total. The van der Waals surface area contributed by atoms with Crippen LogP contribution in [-0.2, 0) is 6.18 Å². The zero-order valence-electron chi connectivity index (χ0n) is 12.2. The first-order valence-electron chi connectivity index (χ1n) is 6.12. The Labute approximate surface area is 116 Å². The number of alkyl halides is 3. The molecule has 0 radical (unpaired) electrons. The Morgan fingerprint density at radius 1 is 1.25 bits per heavy atom. The third kappa shape index (κ3) is 3.72. The summed E-state index contributed by atoms with van der Waals surface area (Å²) < 4.78 is 38.3. The van der Waals surface area contributed by atoms with Gasteiger partial charge in [-0.2, -0.15) is 13.2 Å². The first-order valence-corrected chi connectivity index (χ1v) is 6.12. The van der Waals surface area contributed by atoms with Crippen LogP contribution in [0.25, 0.3) is 0 Å². The minimum Gasteiger partial charge on any atom is -0.356 e. The molecule has 0 saturated heterocycles. The highest BCUT2D eigenvalue weighted by Crippen LogP contribution is 2.31. The van der Waals surface area contributed by atoms with Crippen molar-refractivity contribution in [3.63, 3.8) is 0 Å². The van der Waals surface area contributed by atoms with Gasteiger partial charge in [0.25, 0.3) is 0 Å². The summed E-state index contributed by atoms with van der Waals surface area (Å²) in [6.07, 6.45) is -4.62. The molecule has 1 heterocycles. The van der Waals surface area contributed by atoms with Crippen LogP contribution in [0, 0.1) is 5.41 Å². The summed E-state index contributed by atoms with van der Waals surface area (Å²) in [5, 5.41) is 0. The maximum atomic E-state index is 12.8. The van der Waals surface area contributed by atoms with Crippen molar-refractivity contribution in [2.75, 3.05) is 17.4 Å². The van der Waals surface area contributed by atoms with Crippen molar-refractivity contribution in [3.8, 4) is 0 Å². The predicted octanol–water partition coefficient (Wildman–Crippen LogP) is 2.65. The molecular weight excluding hydrogens is 271 g/mol. The van der Waals surface area contributed by atoms with Gasteiger partial charge in [-0.15, -0.1) is 0 Å². The Bertz CT molecular complexity index is 467. The fourth-order valence-electron chi connectivity index (χ4n) is 1.60. The number of nitrogens with zero attached hydrogens (tertiary/aromatic N) is 3. The molecule has 1 aromatic heterocycles. The van der Waals surface area contributed by atoms with E-state index in [-0.39, 0.29) is 23.1 Å². The van der Waals surface area contributed by atoms with E-state index in [2.05, 4.69) is 15.4 Å². The second-order valence-corrected chi connectivity index (χ2v) is 5.73. The number of nitrogens with two attached hydrogens (primary N) is 1. The van der Waals surface area contributed by atoms with Gasteiger partial charge in [0.05, 0.1) is 0 Å². The van der Waals surface area contributed by atoms with Gasteiger partial charge in [0.2, 0.25) is 5.82 Å². The second kappa shape index (κ2) is 5.43. The molecular formula is C12H20F3N5. The molecule has 0 fully saturated rings. The van der Waals surface area contributed by atoms with Gasteiger partial charge in [0.1, 0.15) is 11.6 Å².